The Morgan fingerprint density at radius 1 is 1.44 bits per heavy atom. The number of ketones is 1. The van der Waals surface area contributed by atoms with Gasteiger partial charge in [-0.15, -0.1) is 6.58 Å². The molecule has 1 aromatic carbocycles. The highest BCUT2D eigenvalue weighted by Crippen LogP contribution is 2.41. The van der Waals surface area contributed by atoms with Gasteiger partial charge in [-0.3, -0.25) is 4.79 Å². The molecule has 0 fully saturated rings. The zero-order valence-corrected chi connectivity index (χ0v) is 9.83. The lowest BCUT2D eigenvalue weighted by Crippen LogP contribution is -2.35. The number of hydrogen-bond donors (Lipinski definition) is 0. The average molecular weight is 214 g/mol. The summed E-state index contributed by atoms with van der Waals surface area (Å²) in [7, 11) is 0. The predicted molar refractivity (Wildman–Crippen MR) is 66.6 cm³/mol. The Morgan fingerprint density at radius 3 is 2.88 bits per heavy atom. The van der Waals surface area contributed by atoms with Crippen LogP contribution in [0.4, 0.5) is 0 Å². The highest BCUT2D eigenvalue weighted by Gasteiger charge is 2.39. The van der Waals surface area contributed by atoms with E-state index in [1.807, 2.05) is 24.3 Å². The Hall–Kier alpha value is -1.37. The number of carbonyl (C=O) groups excluding carboxylic acids is 1. The first-order valence-corrected chi connectivity index (χ1v) is 5.97. The summed E-state index contributed by atoms with van der Waals surface area (Å²) in [5, 5.41) is 0. The molecule has 0 bridgehead atoms. The van der Waals surface area contributed by atoms with Crippen LogP contribution in [-0.4, -0.2) is 5.78 Å². The van der Waals surface area contributed by atoms with Gasteiger partial charge in [0.25, 0.3) is 0 Å². The normalized spacial score (nSPS) is 23.9. The van der Waals surface area contributed by atoms with Crippen LogP contribution < -0.4 is 0 Å². The minimum atomic E-state index is -0.184. The molecule has 1 aliphatic carbocycles. The first-order chi connectivity index (χ1) is 7.73. The summed E-state index contributed by atoms with van der Waals surface area (Å²) in [5.41, 5.74) is 1.95. The molecule has 0 aliphatic heterocycles. The van der Waals surface area contributed by atoms with Gasteiger partial charge in [0.05, 0.1) is 0 Å². The van der Waals surface area contributed by atoms with E-state index in [0.29, 0.717) is 5.78 Å². The maximum Gasteiger partial charge on any atom is 0.169 e. The highest BCUT2D eigenvalue weighted by molar-refractivity contribution is 6.02. The molecule has 0 heterocycles. The summed E-state index contributed by atoms with van der Waals surface area (Å²) in [6.45, 7) is 5.89. The average Bonchev–Trinajstić information content (AvgIpc) is 2.33. The zero-order chi connectivity index (χ0) is 11.6. The van der Waals surface area contributed by atoms with Gasteiger partial charge >= 0.3 is 0 Å². The molecule has 0 amide bonds. The standard InChI is InChI=1S/C15H18O/c1-3-10-15(4-2)11-9-12-7-5-6-8-13(12)14(15)16/h3,5-8H,1,4,9-11H2,2H3/t15-/m0/s1. The molecule has 1 heteroatoms. The van der Waals surface area contributed by atoms with E-state index in [-0.39, 0.29) is 5.41 Å². The molecular formula is C15H18O. The molecule has 0 spiro atoms. The van der Waals surface area contributed by atoms with Gasteiger partial charge < -0.3 is 0 Å². The molecule has 0 N–H and O–H groups in total. The second-order valence-electron chi connectivity index (χ2n) is 4.61. The SMILES string of the molecule is C=CC[C@@]1(CC)CCc2ccccc2C1=O. The van der Waals surface area contributed by atoms with Crippen LogP contribution in [0.15, 0.2) is 36.9 Å². The molecule has 1 nitrogen and oxygen atoms in total. The molecule has 0 aromatic heterocycles. The Balaban J connectivity index is 2.43. The van der Waals surface area contributed by atoms with E-state index in [2.05, 4.69) is 19.6 Å². The molecule has 16 heavy (non-hydrogen) atoms. The lowest BCUT2D eigenvalue weighted by atomic mass is 9.67. The van der Waals surface area contributed by atoms with Crippen LogP contribution in [0.1, 0.15) is 42.1 Å². The third-order valence-corrected chi connectivity index (χ3v) is 3.83. The van der Waals surface area contributed by atoms with Crippen molar-refractivity contribution >= 4 is 5.78 Å². The molecule has 1 aliphatic rings. The number of hydrogen-bond acceptors (Lipinski definition) is 1. The maximum absolute atomic E-state index is 12.5. The quantitative estimate of drug-likeness (QED) is 0.700. The van der Waals surface area contributed by atoms with Crippen LogP contribution in [0.5, 0.6) is 0 Å². The first kappa shape index (κ1) is 11.1. The predicted octanol–water partition coefficient (Wildman–Crippen LogP) is 3.79. The number of aryl methyl sites for hydroxylation is 1. The van der Waals surface area contributed by atoms with E-state index in [9.17, 15) is 4.79 Å². The second kappa shape index (κ2) is 4.25. The van der Waals surface area contributed by atoms with Gasteiger partial charge in [0.2, 0.25) is 0 Å². The summed E-state index contributed by atoms with van der Waals surface area (Å²) in [6, 6.07) is 8.00. The summed E-state index contributed by atoms with van der Waals surface area (Å²) in [4.78, 5) is 12.5. The first-order valence-electron chi connectivity index (χ1n) is 5.97. The fourth-order valence-corrected chi connectivity index (χ4v) is 2.69. The Labute approximate surface area is 97.2 Å². The lowest BCUT2D eigenvalue weighted by molar-refractivity contribution is 0.0751. The smallest absolute Gasteiger partial charge is 0.169 e. The van der Waals surface area contributed by atoms with Crippen molar-refractivity contribution in [2.45, 2.75) is 32.6 Å². The van der Waals surface area contributed by atoms with Crippen LogP contribution in [0, 0.1) is 5.41 Å². The summed E-state index contributed by atoms with van der Waals surface area (Å²) in [6.07, 6.45) is 5.58. The number of fused-ring (bicyclic) bond motifs is 1. The zero-order valence-electron chi connectivity index (χ0n) is 9.83. The fraction of sp³-hybridized carbons (Fsp3) is 0.400. The molecule has 1 aromatic rings. The Kier molecular flexibility index (Phi) is 2.95. The third kappa shape index (κ3) is 1.60. The van der Waals surface area contributed by atoms with Gasteiger partial charge in [0.15, 0.2) is 5.78 Å². The maximum atomic E-state index is 12.5. The monoisotopic (exact) mass is 214 g/mol. The largest absolute Gasteiger partial charge is 0.294 e. The lowest BCUT2D eigenvalue weighted by Gasteiger charge is -2.35. The van der Waals surface area contributed by atoms with Crippen molar-refractivity contribution in [2.75, 3.05) is 0 Å². The van der Waals surface area contributed by atoms with Gasteiger partial charge in [-0.25, -0.2) is 0 Å². The molecule has 84 valence electrons. The topological polar surface area (TPSA) is 17.1 Å². The molecule has 0 saturated heterocycles. The van der Waals surface area contributed by atoms with Gasteiger partial charge in [0.1, 0.15) is 0 Å². The molecular weight excluding hydrogens is 196 g/mol. The van der Waals surface area contributed by atoms with Crippen molar-refractivity contribution in [3.63, 3.8) is 0 Å². The van der Waals surface area contributed by atoms with Gasteiger partial charge in [-0.05, 0) is 31.2 Å². The van der Waals surface area contributed by atoms with E-state index in [1.165, 1.54) is 5.56 Å². The van der Waals surface area contributed by atoms with Crippen molar-refractivity contribution in [1.82, 2.24) is 0 Å². The summed E-state index contributed by atoms with van der Waals surface area (Å²) >= 11 is 0. The van der Waals surface area contributed by atoms with Crippen LogP contribution in [-0.2, 0) is 6.42 Å². The fourth-order valence-electron chi connectivity index (χ4n) is 2.69. The molecule has 0 saturated carbocycles. The van der Waals surface area contributed by atoms with Gasteiger partial charge in [-0.2, -0.15) is 0 Å². The van der Waals surface area contributed by atoms with Crippen LogP contribution in [0.3, 0.4) is 0 Å². The molecule has 0 radical (unpaired) electrons. The van der Waals surface area contributed by atoms with Crippen molar-refractivity contribution in [1.29, 1.82) is 0 Å². The van der Waals surface area contributed by atoms with Gasteiger partial charge in [-0.1, -0.05) is 37.3 Å². The minimum Gasteiger partial charge on any atom is -0.294 e. The number of rotatable bonds is 3. The van der Waals surface area contributed by atoms with Crippen LogP contribution in [0.25, 0.3) is 0 Å². The number of allylic oxidation sites excluding steroid dienone is 1. The Bertz CT molecular complexity index is 419. The minimum absolute atomic E-state index is 0.184. The summed E-state index contributed by atoms with van der Waals surface area (Å²) < 4.78 is 0. The van der Waals surface area contributed by atoms with Crippen molar-refractivity contribution in [2.24, 2.45) is 5.41 Å². The van der Waals surface area contributed by atoms with Gasteiger partial charge in [0, 0.05) is 11.0 Å². The molecule has 2 rings (SSSR count). The Morgan fingerprint density at radius 2 is 2.19 bits per heavy atom. The number of carbonyl (C=O) groups is 1. The van der Waals surface area contributed by atoms with E-state index in [4.69, 9.17) is 0 Å². The van der Waals surface area contributed by atoms with E-state index >= 15 is 0 Å². The summed E-state index contributed by atoms with van der Waals surface area (Å²) in [5.74, 6) is 0.316. The van der Waals surface area contributed by atoms with Crippen molar-refractivity contribution < 1.29 is 4.79 Å². The third-order valence-electron chi connectivity index (χ3n) is 3.83. The number of Topliss-reactive ketones (excluding diaryl/α,β-unsaturated/α-hetero) is 1. The van der Waals surface area contributed by atoms with Crippen LogP contribution in [0.2, 0.25) is 0 Å². The van der Waals surface area contributed by atoms with Crippen LogP contribution >= 0.6 is 0 Å². The van der Waals surface area contributed by atoms with Crippen molar-refractivity contribution in [3.8, 4) is 0 Å². The van der Waals surface area contributed by atoms with Crippen molar-refractivity contribution in [3.05, 3.63) is 48.0 Å². The number of benzene rings is 1. The molecule has 0 unspecified atom stereocenters. The van der Waals surface area contributed by atoms with E-state index < -0.39 is 0 Å². The second-order valence-corrected chi connectivity index (χ2v) is 4.61. The molecule has 1 atom stereocenters. The highest BCUT2D eigenvalue weighted by atomic mass is 16.1. The van der Waals surface area contributed by atoms with E-state index in [0.717, 1.165) is 31.2 Å². The van der Waals surface area contributed by atoms with E-state index in [1.54, 1.807) is 0 Å².